The summed E-state index contributed by atoms with van der Waals surface area (Å²) in [6.07, 6.45) is 0.900. The third-order valence-electron chi connectivity index (χ3n) is 5.50. The fourth-order valence-electron chi connectivity index (χ4n) is 4.09. The van der Waals surface area contributed by atoms with E-state index in [0.717, 1.165) is 41.4 Å². The number of aromatic nitrogens is 3. The summed E-state index contributed by atoms with van der Waals surface area (Å²) in [5.41, 5.74) is 13.7. The molecule has 6 nitrogen and oxygen atoms in total. The van der Waals surface area contributed by atoms with E-state index in [4.69, 9.17) is 17.3 Å². The van der Waals surface area contributed by atoms with Crippen molar-refractivity contribution >= 4 is 34.3 Å². The number of H-pyrrole nitrogens is 1. The SMILES string of the molecule is Cc1nc2nc(N)cc(C3Cc4cc(CNCc5ccc(Cl)cc5)ccc4N3)c2[nH]1. The lowest BCUT2D eigenvalue weighted by Crippen LogP contribution is -2.12. The van der Waals surface area contributed by atoms with Crippen molar-refractivity contribution in [2.75, 3.05) is 11.1 Å². The minimum Gasteiger partial charge on any atom is -0.384 e. The molecule has 2 aromatic heterocycles. The van der Waals surface area contributed by atoms with Gasteiger partial charge in [-0.25, -0.2) is 9.97 Å². The van der Waals surface area contributed by atoms with Gasteiger partial charge in [-0.1, -0.05) is 35.9 Å². The highest BCUT2D eigenvalue weighted by molar-refractivity contribution is 6.30. The van der Waals surface area contributed by atoms with Gasteiger partial charge in [0.15, 0.2) is 5.65 Å². The molecule has 0 fully saturated rings. The number of nitrogens with zero attached hydrogens (tertiary/aromatic N) is 2. The Bertz CT molecular complexity index is 1210. The number of rotatable bonds is 5. The van der Waals surface area contributed by atoms with Gasteiger partial charge in [0, 0.05) is 29.4 Å². The molecule has 4 aromatic rings. The molecule has 2 aromatic carbocycles. The van der Waals surface area contributed by atoms with Gasteiger partial charge in [0.25, 0.3) is 0 Å². The van der Waals surface area contributed by atoms with E-state index in [0.29, 0.717) is 11.5 Å². The molecule has 0 amide bonds. The molecule has 1 unspecified atom stereocenters. The molecule has 0 saturated carbocycles. The Balaban J connectivity index is 1.30. The van der Waals surface area contributed by atoms with Crippen LogP contribution in [0.5, 0.6) is 0 Å². The number of nitrogens with one attached hydrogen (secondary N) is 3. The molecule has 7 heteroatoms. The highest BCUT2D eigenvalue weighted by atomic mass is 35.5. The number of anilines is 2. The van der Waals surface area contributed by atoms with Crippen LogP contribution in [0.15, 0.2) is 48.5 Å². The van der Waals surface area contributed by atoms with Gasteiger partial charge in [-0.3, -0.25) is 0 Å². The predicted octanol–water partition coefficient (Wildman–Crippen LogP) is 4.50. The van der Waals surface area contributed by atoms with Crippen LogP contribution < -0.4 is 16.4 Å². The van der Waals surface area contributed by atoms with Crippen LogP contribution in [0.3, 0.4) is 0 Å². The second-order valence-corrected chi connectivity index (χ2v) is 8.22. The maximum atomic E-state index is 6.03. The molecule has 5 N–H and O–H groups in total. The number of hydrogen-bond acceptors (Lipinski definition) is 5. The van der Waals surface area contributed by atoms with Gasteiger partial charge < -0.3 is 21.4 Å². The molecule has 1 atom stereocenters. The van der Waals surface area contributed by atoms with Gasteiger partial charge in [0.2, 0.25) is 0 Å². The average Bonchev–Trinajstić information content (AvgIpc) is 3.31. The van der Waals surface area contributed by atoms with E-state index in [-0.39, 0.29) is 6.04 Å². The van der Waals surface area contributed by atoms with Crippen LogP contribution in [0, 0.1) is 6.92 Å². The lowest BCUT2D eigenvalue weighted by molar-refractivity contribution is 0.693. The summed E-state index contributed by atoms with van der Waals surface area (Å²) in [6, 6.07) is 16.6. The Kier molecular flexibility index (Phi) is 4.81. The molecule has 1 aliphatic rings. The van der Waals surface area contributed by atoms with Crippen molar-refractivity contribution in [2.45, 2.75) is 32.5 Å². The minimum atomic E-state index is 0.143. The van der Waals surface area contributed by atoms with Gasteiger partial charge >= 0.3 is 0 Å². The second kappa shape index (κ2) is 7.63. The van der Waals surface area contributed by atoms with Crippen molar-refractivity contribution in [3.63, 3.8) is 0 Å². The normalized spacial score (nSPS) is 15.3. The smallest absolute Gasteiger partial charge is 0.180 e. The number of nitrogens with two attached hydrogens (primary N) is 1. The Morgan fingerprint density at radius 1 is 1.07 bits per heavy atom. The lowest BCUT2D eigenvalue weighted by Gasteiger charge is -2.13. The van der Waals surface area contributed by atoms with Crippen LogP contribution in [0.25, 0.3) is 11.2 Å². The van der Waals surface area contributed by atoms with E-state index in [1.54, 1.807) is 0 Å². The molecule has 0 spiro atoms. The standard InChI is InChI=1S/C23H23ClN6/c1-13-27-22-18(10-21(25)30-23(22)28-13)20-9-16-8-15(4-7-19(16)29-20)12-26-11-14-2-5-17(24)6-3-14/h2-8,10,20,26,29H,9,11-12H2,1H3,(H3,25,27,28,30). The van der Waals surface area contributed by atoms with Crippen LogP contribution >= 0.6 is 11.6 Å². The summed E-state index contributed by atoms with van der Waals surface area (Å²) in [6.45, 7) is 3.55. The second-order valence-electron chi connectivity index (χ2n) is 7.78. The van der Waals surface area contributed by atoms with E-state index < -0.39 is 0 Å². The Morgan fingerprint density at radius 3 is 2.67 bits per heavy atom. The van der Waals surface area contributed by atoms with Crippen LogP contribution in [0.2, 0.25) is 5.02 Å². The summed E-state index contributed by atoms with van der Waals surface area (Å²) >= 11 is 5.95. The minimum absolute atomic E-state index is 0.143. The molecule has 1 aliphatic heterocycles. The first kappa shape index (κ1) is 18.9. The first-order valence-corrected chi connectivity index (χ1v) is 10.4. The number of hydrogen-bond donors (Lipinski definition) is 4. The van der Waals surface area contributed by atoms with Crippen molar-refractivity contribution in [3.05, 3.63) is 81.6 Å². The number of pyridine rings is 1. The van der Waals surface area contributed by atoms with Crippen molar-refractivity contribution in [2.24, 2.45) is 0 Å². The molecule has 0 saturated heterocycles. The lowest BCUT2D eigenvalue weighted by atomic mass is 10.0. The molecule has 0 bridgehead atoms. The predicted molar refractivity (Wildman–Crippen MR) is 122 cm³/mol. The van der Waals surface area contributed by atoms with Crippen molar-refractivity contribution in [1.29, 1.82) is 0 Å². The molecular formula is C23H23ClN6. The molecule has 152 valence electrons. The maximum Gasteiger partial charge on any atom is 0.180 e. The summed E-state index contributed by atoms with van der Waals surface area (Å²) in [5, 5.41) is 7.90. The van der Waals surface area contributed by atoms with Crippen LogP contribution in [0.1, 0.15) is 34.1 Å². The molecule has 0 aliphatic carbocycles. The fourth-order valence-corrected chi connectivity index (χ4v) is 4.22. The number of fused-ring (bicyclic) bond motifs is 2. The van der Waals surface area contributed by atoms with E-state index in [2.05, 4.69) is 43.8 Å². The largest absolute Gasteiger partial charge is 0.384 e. The van der Waals surface area contributed by atoms with Crippen LogP contribution in [-0.2, 0) is 19.5 Å². The number of benzene rings is 2. The first-order chi connectivity index (χ1) is 14.5. The number of halogens is 1. The van der Waals surface area contributed by atoms with E-state index >= 15 is 0 Å². The summed E-state index contributed by atoms with van der Waals surface area (Å²) in [4.78, 5) is 12.1. The van der Waals surface area contributed by atoms with Crippen LogP contribution in [-0.4, -0.2) is 15.0 Å². The van der Waals surface area contributed by atoms with Crippen molar-refractivity contribution in [1.82, 2.24) is 20.3 Å². The van der Waals surface area contributed by atoms with Crippen molar-refractivity contribution in [3.8, 4) is 0 Å². The maximum absolute atomic E-state index is 6.03. The Morgan fingerprint density at radius 2 is 1.83 bits per heavy atom. The monoisotopic (exact) mass is 418 g/mol. The zero-order valence-electron chi connectivity index (χ0n) is 16.7. The summed E-state index contributed by atoms with van der Waals surface area (Å²) < 4.78 is 0. The highest BCUT2D eigenvalue weighted by Crippen LogP contribution is 2.37. The van der Waals surface area contributed by atoms with E-state index in [9.17, 15) is 0 Å². The Hall–Kier alpha value is -3.09. The van der Waals surface area contributed by atoms with Gasteiger partial charge in [0.05, 0.1) is 11.6 Å². The third-order valence-corrected chi connectivity index (χ3v) is 5.75. The Labute approximate surface area is 179 Å². The highest BCUT2D eigenvalue weighted by Gasteiger charge is 2.25. The molecule has 5 rings (SSSR count). The third kappa shape index (κ3) is 3.72. The molecule has 0 radical (unpaired) electrons. The van der Waals surface area contributed by atoms with E-state index in [1.807, 2.05) is 37.3 Å². The topological polar surface area (TPSA) is 91.7 Å². The van der Waals surface area contributed by atoms with Crippen molar-refractivity contribution < 1.29 is 0 Å². The fraction of sp³-hybridized carbons (Fsp3) is 0.217. The zero-order valence-corrected chi connectivity index (χ0v) is 17.4. The van der Waals surface area contributed by atoms with Gasteiger partial charge in [-0.05, 0) is 54.3 Å². The number of aryl methyl sites for hydroxylation is 1. The summed E-state index contributed by atoms with van der Waals surface area (Å²) in [7, 11) is 0. The zero-order chi connectivity index (χ0) is 20.7. The van der Waals surface area contributed by atoms with Gasteiger partial charge in [-0.15, -0.1) is 0 Å². The number of imidazole rings is 1. The first-order valence-electron chi connectivity index (χ1n) is 10.0. The van der Waals surface area contributed by atoms with E-state index in [1.165, 1.54) is 22.4 Å². The average molecular weight is 419 g/mol. The van der Waals surface area contributed by atoms with Crippen LogP contribution in [0.4, 0.5) is 11.5 Å². The molecule has 30 heavy (non-hydrogen) atoms. The van der Waals surface area contributed by atoms with Gasteiger partial charge in [0.1, 0.15) is 11.6 Å². The molecule has 3 heterocycles. The van der Waals surface area contributed by atoms with Gasteiger partial charge in [-0.2, -0.15) is 0 Å². The summed E-state index contributed by atoms with van der Waals surface area (Å²) in [5.74, 6) is 1.34. The molecular weight excluding hydrogens is 396 g/mol. The quantitative estimate of drug-likeness (QED) is 0.383. The number of aromatic amines is 1. The number of nitrogen functional groups attached to an aromatic ring is 1.